The SMILES string of the molecule is Cc1ccc(S(=O)(=O)NC(C)(C)C)cc1C(=O)Nc1ccc(-n2cnc3ccccc32)nc1. The zero-order valence-corrected chi connectivity index (χ0v) is 19.6. The van der Waals surface area contributed by atoms with Gasteiger partial charge in [0, 0.05) is 11.1 Å². The highest BCUT2D eigenvalue weighted by atomic mass is 32.2. The molecule has 0 saturated carbocycles. The lowest BCUT2D eigenvalue weighted by molar-refractivity contribution is 0.102. The second-order valence-corrected chi connectivity index (χ2v) is 10.5. The summed E-state index contributed by atoms with van der Waals surface area (Å²) in [5, 5.41) is 2.79. The third kappa shape index (κ3) is 4.94. The van der Waals surface area contributed by atoms with Crippen molar-refractivity contribution in [2.24, 2.45) is 0 Å². The minimum absolute atomic E-state index is 0.0358. The number of hydrogen-bond donors (Lipinski definition) is 2. The van der Waals surface area contributed by atoms with Gasteiger partial charge in [-0.15, -0.1) is 0 Å². The predicted octanol–water partition coefficient (Wildman–Crippen LogP) is 4.06. The van der Waals surface area contributed by atoms with Crippen molar-refractivity contribution in [2.45, 2.75) is 38.1 Å². The molecule has 1 amide bonds. The molecule has 0 spiro atoms. The quantitative estimate of drug-likeness (QED) is 0.464. The van der Waals surface area contributed by atoms with E-state index in [0.29, 0.717) is 17.1 Å². The minimum atomic E-state index is -3.76. The maximum absolute atomic E-state index is 12.9. The van der Waals surface area contributed by atoms with Crippen molar-refractivity contribution < 1.29 is 13.2 Å². The first kappa shape index (κ1) is 22.6. The number of pyridine rings is 1. The van der Waals surface area contributed by atoms with Crippen LogP contribution < -0.4 is 10.0 Å². The molecule has 0 fully saturated rings. The molecule has 2 N–H and O–H groups in total. The molecule has 8 nitrogen and oxygen atoms in total. The molecular weight excluding hydrogens is 438 g/mol. The number of nitrogens with zero attached hydrogens (tertiary/aromatic N) is 3. The summed E-state index contributed by atoms with van der Waals surface area (Å²) >= 11 is 0. The molecule has 0 aliphatic carbocycles. The summed E-state index contributed by atoms with van der Waals surface area (Å²) in [6.07, 6.45) is 3.26. The number of carbonyl (C=O) groups excluding carboxylic acids is 1. The van der Waals surface area contributed by atoms with Gasteiger partial charge in [-0.25, -0.2) is 23.1 Å². The molecule has 2 heterocycles. The molecule has 9 heteroatoms. The molecular formula is C24H25N5O3S. The Labute approximate surface area is 192 Å². The van der Waals surface area contributed by atoms with Crippen LogP contribution in [-0.4, -0.2) is 34.4 Å². The van der Waals surface area contributed by atoms with Gasteiger partial charge in [-0.3, -0.25) is 9.36 Å². The maximum Gasteiger partial charge on any atom is 0.256 e. The highest BCUT2D eigenvalue weighted by Crippen LogP contribution is 2.20. The molecule has 4 rings (SSSR count). The lowest BCUT2D eigenvalue weighted by atomic mass is 10.1. The van der Waals surface area contributed by atoms with E-state index in [1.165, 1.54) is 12.1 Å². The first-order chi connectivity index (χ1) is 15.5. The number of hydrogen-bond acceptors (Lipinski definition) is 5. The van der Waals surface area contributed by atoms with Gasteiger partial charge < -0.3 is 5.32 Å². The van der Waals surface area contributed by atoms with E-state index in [2.05, 4.69) is 20.0 Å². The number of benzene rings is 2. The highest BCUT2D eigenvalue weighted by molar-refractivity contribution is 7.89. The zero-order valence-electron chi connectivity index (χ0n) is 18.8. The first-order valence-corrected chi connectivity index (χ1v) is 11.9. The van der Waals surface area contributed by atoms with Gasteiger partial charge in [0.1, 0.15) is 12.1 Å². The number of para-hydroxylation sites is 2. The Kier molecular flexibility index (Phi) is 5.77. The number of imidazole rings is 1. The smallest absolute Gasteiger partial charge is 0.256 e. The van der Waals surface area contributed by atoms with E-state index < -0.39 is 21.5 Å². The Balaban J connectivity index is 1.56. The molecule has 0 bridgehead atoms. The molecule has 0 aliphatic heterocycles. The lowest BCUT2D eigenvalue weighted by Crippen LogP contribution is -2.40. The van der Waals surface area contributed by atoms with E-state index >= 15 is 0 Å². The molecule has 4 aromatic rings. The summed E-state index contributed by atoms with van der Waals surface area (Å²) in [6, 6.07) is 15.8. The number of fused-ring (bicyclic) bond motifs is 1. The zero-order chi connectivity index (χ0) is 23.8. The summed E-state index contributed by atoms with van der Waals surface area (Å²) in [5.41, 5.74) is 2.59. The van der Waals surface area contributed by atoms with E-state index in [-0.39, 0.29) is 10.5 Å². The molecule has 170 valence electrons. The summed E-state index contributed by atoms with van der Waals surface area (Å²) < 4.78 is 29.8. The van der Waals surface area contributed by atoms with E-state index in [1.807, 2.05) is 28.8 Å². The molecule has 2 aromatic heterocycles. The van der Waals surface area contributed by atoms with Crippen LogP contribution in [0.3, 0.4) is 0 Å². The number of sulfonamides is 1. The second kappa shape index (κ2) is 8.42. The Morgan fingerprint density at radius 3 is 2.45 bits per heavy atom. The minimum Gasteiger partial charge on any atom is -0.321 e. The van der Waals surface area contributed by atoms with E-state index in [0.717, 1.165) is 11.0 Å². The number of nitrogens with one attached hydrogen (secondary N) is 2. The lowest BCUT2D eigenvalue weighted by Gasteiger charge is -2.20. The van der Waals surface area contributed by atoms with Crippen LogP contribution in [0.2, 0.25) is 0 Å². The first-order valence-electron chi connectivity index (χ1n) is 10.4. The number of aryl methyl sites for hydroxylation is 1. The van der Waals surface area contributed by atoms with E-state index in [4.69, 9.17) is 0 Å². The molecule has 0 unspecified atom stereocenters. The van der Waals surface area contributed by atoms with Crippen LogP contribution in [0.5, 0.6) is 0 Å². The second-order valence-electron chi connectivity index (χ2n) is 8.79. The normalized spacial score (nSPS) is 12.1. The summed E-state index contributed by atoms with van der Waals surface area (Å²) in [7, 11) is -3.76. The van der Waals surface area contributed by atoms with E-state index in [1.54, 1.807) is 58.4 Å². The van der Waals surface area contributed by atoms with Crippen molar-refractivity contribution in [2.75, 3.05) is 5.32 Å². The Hall–Kier alpha value is -3.56. The van der Waals surface area contributed by atoms with Crippen molar-refractivity contribution in [3.8, 4) is 5.82 Å². The van der Waals surface area contributed by atoms with Gasteiger partial charge in [-0.2, -0.15) is 0 Å². The standard InChI is InChI=1S/C24H25N5O3S/c1-16-9-11-18(33(31,32)28-24(2,3)4)13-19(16)23(30)27-17-10-12-22(25-14-17)29-15-26-20-7-5-6-8-21(20)29/h5-15,28H,1-4H3,(H,27,30). The summed E-state index contributed by atoms with van der Waals surface area (Å²) in [4.78, 5) is 21.8. The van der Waals surface area contributed by atoms with Crippen molar-refractivity contribution in [1.29, 1.82) is 0 Å². The largest absolute Gasteiger partial charge is 0.321 e. The number of aromatic nitrogens is 3. The van der Waals surface area contributed by atoms with Gasteiger partial charge in [-0.1, -0.05) is 18.2 Å². The molecule has 0 radical (unpaired) electrons. The van der Waals surface area contributed by atoms with Gasteiger partial charge in [0.05, 0.1) is 27.8 Å². The third-order valence-corrected chi connectivity index (χ3v) is 6.67. The Bertz CT molecular complexity index is 1440. The fraction of sp³-hybridized carbons (Fsp3) is 0.208. The average Bonchev–Trinajstić information content (AvgIpc) is 3.17. The van der Waals surface area contributed by atoms with Crippen LogP contribution in [0.4, 0.5) is 5.69 Å². The number of rotatable bonds is 5. The van der Waals surface area contributed by atoms with Gasteiger partial charge in [0.25, 0.3) is 5.91 Å². The van der Waals surface area contributed by atoms with Crippen molar-refractivity contribution >= 4 is 32.7 Å². The molecule has 0 saturated heterocycles. The average molecular weight is 464 g/mol. The molecule has 0 aliphatic rings. The number of carbonyl (C=O) groups is 1. The predicted molar refractivity (Wildman–Crippen MR) is 128 cm³/mol. The van der Waals surface area contributed by atoms with Crippen molar-refractivity contribution in [3.63, 3.8) is 0 Å². The third-order valence-electron chi connectivity index (χ3n) is 4.91. The van der Waals surface area contributed by atoms with Gasteiger partial charge in [0.2, 0.25) is 10.0 Å². The fourth-order valence-corrected chi connectivity index (χ4v) is 4.86. The van der Waals surface area contributed by atoms with Crippen LogP contribution in [0.1, 0.15) is 36.7 Å². The van der Waals surface area contributed by atoms with Gasteiger partial charge in [0.15, 0.2) is 0 Å². The molecule has 33 heavy (non-hydrogen) atoms. The number of anilines is 1. The molecule has 0 atom stereocenters. The number of amides is 1. The monoisotopic (exact) mass is 463 g/mol. The summed E-state index contributed by atoms with van der Waals surface area (Å²) in [6.45, 7) is 7.04. The Morgan fingerprint density at radius 1 is 1.00 bits per heavy atom. The van der Waals surface area contributed by atoms with Crippen molar-refractivity contribution in [1.82, 2.24) is 19.3 Å². The van der Waals surface area contributed by atoms with Crippen LogP contribution in [0, 0.1) is 6.92 Å². The van der Waals surface area contributed by atoms with Crippen LogP contribution in [-0.2, 0) is 10.0 Å². The summed E-state index contributed by atoms with van der Waals surface area (Å²) in [5.74, 6) is 0.252. The Morgan fingerprint density at radius 2 is 1.76 bits per heavy atom. The highest BCUT2D eigenvalue weighted by Gasteiger charge is 2.23. The van der Waals surface area contributed by atoms with Gasteiger partial charge in [-0.05, 0) is 69.7 Å². The topological polar surface area (TPSA) is 106 Å². The fourth-order valence-electron chi connectivity index (χ4n) is 3.42. The van der Waals surface area contributed by atoms with E-state index in [9.17, 15) is 13.2 Å². The van der Waals surface area contributed by atoms with Crippen LogP contribution in [0.25, 0.3) is 16.9 Å². The van der Waals surface area contributed by atoms with Crippen LogP contribution >= 0.6 is 0 Å². The maximum atomic E-state index is 12.9. The van der Waals surface area contributed by atoms with Crippen LogP contribution in [0.15, 0.2) is 72.0 Å². The van der Waals surface area contributed by atoms with Crippen molar-refractivity contribution in [3.05, 3.63) is 78.2 Å². The molecule has 2 aromatic carbocycles. The van der Waals surface area contributed by atoms with Gasteiger partial charge >= 0.3 is 0 Å².